The van der Waals surface area contributed by atoms with Crippen LogP contribution in [0.2, 0.25) is 0 Å². The first-order chi connectivity index (χ1) is 5.56. The van der Waals surface area contributed by atoms with Gasteiger partial charge in [-0.05, 0) is 0 Å². The average molecular weight is 174 g/mol. The largest absolute Gasteiger partial charge is 0.248 e. The van der Waals surface area contributed by atoms with Gasteiger partial charge in [0.1, 0.15) is 0 Å². The minimum Gasteiger partial charge on any atom is -0.248 e. The van der Waals surface area contributed by atoms with Crippen LogP contribution in [0.1, 0.15) is 39.5 Å². The van der Waals surface area contributed by atoms with Crippen molar-refractivity contribution in [3.8, 4) is 0 Å². The van der Waals surface area contributed by atoms with Gasteiger partial charge in [0.15, 0.2) is 0 Å². The summed E-state index contributed by atoms with van der Waals surface area (Å²) < 4.78 is 0. The van der Waals surface area contributed by atoms with E-state index in [1.165, 1.54) is 25.7 Å². The predicted octanol–water partition coefficient (Wildman–Crippen LogP) is 2.61. The van der Waals surface area contributed by atoms with Gasteiger partial charge in [-0.1, -0.05) is 39.5 Å². The molecule has 0 aliphatic heterocycles. The second-order valence-electron chi connectivity index (χ2n) is 3.40. The number of hydrogen-bond donors (Lipinski definition) is 0. The molecule has 0 aromatic rings. The molecule has 0 bridgehead atoms. The quantitative estimate of drug-likeness (QED) is 0.477. The van der Waals surface area contributed by atoms with Crippen LogP contribution in [-0.2, 0) is 0 Å². The fourth-order valence-electron chi connectivity index (χ4n) is 0.500. The Labute approximate surface area is 78.5 Å². The Bertz CT molecular complexity index is 60.2. The molecule has 0 unspecified atom stereocenters. The Hall–Kier alpha value is -0.0800. The third-order valence-electron chi connectivity index (χ3n) is 1.76. The van der Waals surface area contributed by atoms with E-state index in [-0.39, 0.29) is 0 Å². The van der Waals surface area contributed by atoms with Crippen LogP contribution in [0.4, 0.5) is 0 Å². The Balaban J connectivity index is 0. The maximum Gasteiger partial charge on any atom is 0.00151 e. The van der Waals surface area contributed by atoms with Crippen molar-refractivity contribution < 1.29 is 0 Å². The van der Waals surface area contributed by atoms with Crippen LogP contribution in [0, 0.1) is 0 Å². The predicted molar refractivity (Wildman–Crippen MR) is 57.2 cm³/mol. The Kier molecular flexibility index (Phi) is 13.1. The lowest BCUT2D eigenvalue weighted by Gasteiger charge is -2.17. The number of rotatable bonds is 4. The summed E-state index contributed by atoms with van der Waals surface area (Å²) in [4.78, 5) is 0. The summed E-state index contributed by atoms with van der Waals surface area (Å²) in [5, 5.41) is 4.00. The van der Waals surface area contributed by atoms with E-state index in [0.717, 1.165) is 0 Å². The molecule has 0 saturated carbocycles. The van der Waals surface area contributed by atoms with Crippen LogP contribution in [0.25, 0.3) is 0 Å². The molecule has 0 spiro atoms. The molecule has 2 nitrogen and oxygen atoms in total. The third kappa shape index (κ3) is 16.5. The topological polar surface area (TPSA) is 6.48 Å². The molecule has 12 heavy (non-hydrogen) atoms. The minimum absolute atomic E-state index is 1.36. The highest BCUT2D eigenvalue weighted by atomic mass is 15.6. The molecule has 0 aliphatic rings. The standard InChI is InChI=1S/C6H14.C4H12N2/c1-3-5-6-4-2;1-5(2)6(3)4/h3-6H2,1-2H3;1-4H3. The van der Waals surface area contributed by atoms with Gasteiger partial charge in [-0.2, -0.15) is 0 Å². The second kappa shape index (κ2) is 10.9. The van der Waals surface area contributed by atoms with Crippen molar-refractivity contribution in [1.29, 1.82) is 0 Å². The number of nitrogens with zero attached hydrogens (tertiary/aromatic N) is 2. The summed E-state index contributed by atoms with van der Waals surface area (Å²) in [6.07, 6.45) is 5.54. The van der Waals surface area contributed by atoms with E-state index >= 15 is 0 Å². The first-order valence-corrected chi connectivity index (χ1v) is 4.90. The number of hydrazine groups is 1. The molecule has 76 valence electrons. The highest BCUT2D eigenvalue weighted by Gasteiger charge is 1.84. The Morgan fingerprint density at radius 3 is 1.00 bits per heavy atom. The van der Waals surface area contributed by atoms with Crippen molar-refractivity contribution in [1.82, 2.24) is 10.0 Å². The van der Waals surface area contributed by atoms with Gasteiger partial charge in [0.2, 0.25) is 0 Å². The lowest BCUT2D eigenvalue weighted by Crippen LogP contribution is -2.28. The van der Waals surface area contributed by atoms with Crippen molar-refractivity contribution in [3.63, 3.8) is 0 Å². The third-order valence-corrected chi connectivity index (χ3v) is 1.76. The highest BCUT2D eigenvalue weighted by molar-refractivity contribution is 4.31. The molecule has 0 aliphatic carbocycles. The molecule has 0 aromatic heterocycles. The molecule has 0 radical (unpaired) electrons. The molecule has 0 N–H and O–H groups in total. The van der Waals surface area contributed by atoms with Crippen LogP contribution >= 0.6 is 0 Å². The molecule has 0 heterocycles. The van der Waals surface area contributed by atoms with Crippen LogP contribution in [0.5, 0.6) is 0 Å². The van der Waals surface area contributed by atoms with Gasteiger partial charge in [-0.25, -0.2) is 10.0 Å². The monoisotopic (exact) mass is 174 g/mol. The van der Waals surface area contributed by atoms with Crippen molar-refractivity contribution in [2.45, 2.75) is 39.5 Å². The molecule has 0 amide bonds. The van der Waals surface area contributed by atoms with Crippen LogP contribution in [0.3, 0.4) is 0 Å². The normalized spacial score (nSPS) is 10.0. The first kappa shape index (κ1) is 14.4. The van der Waals surface area contributed by atoms with Gasteiger partial charge in [0, 0.05) is 28.2 Å². The first-order valence-electron chi connectivity index (χ1n) is 4.90. The van der Waals surface area contributed by atoms with Crippen molar-refractivity contribution in [2.24, 2.45) is 0 Å². The molecule has 0 rings (SSSR count). The van der Waals surface area contributed by atoms with Crippen LogP contribution in [0.15, 0.2) is 0 Å². The van der Waals surface area contributed by atoms with Crippen LogP contribution in [-0.4, -0.2) is 38.2 Å². The maximum absolute atomic E-state index is 2.23. The Morgan fingerprint density at radius 2 is 0.917 bits per heavy atom. The van der Waals surface area contributed by atoms with Gasteiger partial charge < -0.3 is 0 Å². The van der Waals surface area contributed by atoms with Crippen molar-refractivity contribution >= 4 is 0 Å². The van der Waals surface area contributed by atoms with Crippen molar-refractivity contribution in [3.05, 3.63) is 0 Å². The summed E-state index contributed by atoms with van der Waals surface area (Å²) in [6, 6.07) is 0. The zero-order valence-electron chi connectivity index (χ0n) is 9.72. The lowest BCUT2D eigenvalue weighted by atomic mass is 10.2. The molecule has 0 fully saturated rings. The van der Waals surface area contributed by atoms with E-state index in [1.54, 1.807) is 0 Å². The van der Waals surface area contributed by atoms with Crippen molar-refractivity contribution in [2.75, 3.05) is 28.2 Å². The lowest BCUT2D eigenvalue weighted by molar-refractivity contribution is 0.0894. The fraction of sp³-hybridized carbons (Fsp3) is 1.00. The van der Waals surface area contributed by atoms with Gasteiger partial charge in [0.25, 0.3) is 0 Å². The smallest absolute Gasteiger partial charge is 0.00151 e. The van der Waals surface area contributed by atoms with E-state index in [9.17, 15) is 0 Å². The summed E-state index contributed by atoms with van der Waals surface area (Å²) in [5.41, 5.74) is 0. The van der Waals surface area contributed by atoms with E-state index in [4.69, 9.17) is 0 Å². The van der Waals surface area contributed by atoms with Gasteiger partial charge in [-0.3, -0.25) is 0 Å². The fourth-order valence-corrected chi connectivity index (χ4v) is 0.500. The van der Waals surface area contributed by atoms with Gasteiger partial charge in [0.05, 0.1) is 0 Å². The molecule has 2 heteroatoms. The van der Waals surface area contributed by atoms with E-state index in [2.05, 4.69) is 13.8 Å². The zero-order valence-corrected chi connectivity index (χ0v) is 9.72. The van der Waals surface area contributed by atoms with Crippen LogP contribution < -0.4 is 0 Å². The molecular weight excluding hydrogens is 148 g/mol. The van der Waals surface area contributed by atoms with Gasteiger partial charge in [-0.15, -0.1) is 0 Å². The second-order valence-corrected chi connectivity index (χ2v) is 3.40. The number of unbranched alkanes of at least 4 members (excludes halogenated alkanes) is 3. The molecule has 0 aromatic carbocycles. The van der Waals surface area contributed by atoms with Gasteiger partial charge >= 0.3 is 0 Å². The summed E-state index contributed by atoms with van der Waals surface area (Å²) in [6.45, 7) is 4.46. The average Bonchev–Trinajstić information content (AvgIpc) is 2.02. The summed E-state index contributed by atoms with van der Waals surface area (Å²) >= 11 is 0. The minimum atomic E-state index is 1.36. The molecular formula is C10H26N2. The van der Waals surface area contributed by atoms with E-state index < -0.39 is 0 Å². The SMILES string of the molecule is CCCCCC.CN(C)N(C)C. The maximum atomic E-state index is 2.23. The number of hydrogen-bond acceptors (Lipinski definition) is 2. The van der Waals surface area contributed by atoms with E-state index in [1.807, 2.05) is 38.2 Å². The summed E-state index contributed by atoms with van der Waals surface area (Å²) in [5.74, 6) is 0. The Morgan fingerprint density at radius 1 is 0.667 bits per heavy atom. The summed E-state index contributed by atoms with van der Waals surface area (Å²) in [7, 11) is 8.00. The molecule has 0 atom stereocenters. The van der Waals surface area contributed by atoms with E-state index in [0.29, 0.717) is 0 Å². The zero-order chi connectivity index (χ0) is 9.98. The highest BCUT2D eigenvalue weighted by Crippen LogP contribution is 1.95. The molecule has 0 saturated heterocycles.